The molecule has 1 heterocycles. The number of carbonyl (C=O) groups is 2. The molecule has 0 radical (unpaired) electrons. The minimum absolute atomic E-state index is 0.0678. The third-order valence-electron chi connectivity index (χ3n) is 4.01. The molecule has 0 saturated carbocycles. The Balaban J connectivity index is 1.76. The maximum Gasteiger partial charge on any atom is 0.254 e. The van der Waals surface area contributed by atoms with Crippen LogP contribution in [-0.2, 0) is 4.79 Å². The molecule has 0 atom stereocenters. The summed E-state index contributed by atoms with van der Waals surface area (Å²) in [7, 11) is 0. The molecule has 0 unspecified atom stereocenters. The quantitative estimate of drug-likeness (QED) is 0.849. The number of rotatable bonds is 2. The summed E-state index contributed by atoms with van der Waals surface area (Å²) in [5.74, 6) is -2.52. The molecule has 1 fully saturated rings. The molecule has 0 bridgehead atoms. The van der Waals surface area contributed by atoms with Gasteiger partial charge in [0.25, 0.3) is 5.91 Å². The van der Waals surface area contributed by atoms with Gasteiger partial charge in [-0.3, -0.25) is 9.59 Å². The van der Waals surface area contributed by atoms with E-state index in [4.69, 9.17) is 0 Å². The first-order chi connectivity index (χ1) is 11.6. The summed E-state index contributed by atoms with van der Waals surface area (Å²) in [5.41, 5.74) is 0.860. The van der Waals surface area contributed by atoms with Crippen LogP contribution in [0.25, 0.3) is 0 Å². The highest BCUT2D eigenvalue weighted by Gasteiger charge is 2.25. The molecule has 0 N–H and O–H groups in total. The molecule has 24 heavy (non-hydrogen) atoms. The zero-order valence-electron chi connectivity index (χ0n) is 12.9. The first kappa shape index (κ1) is 16.1. The predicted octanol–water partition coefficient (Wildman–Crippen LogP) is 2.84. The summed E-state index contributed by atoms with van der Waals surface area (Å²) >= 11 is 0. The Morgan fingerprint density at radius 3 is 2.38 bits per heavy atom. The zero-order valence-corrected chi connectivity index (χ0v) is 12.9. The fraction of sp³-hybridized carbons (Fsp3) is 0.222. The van der Waals surface area contributed by atoms with Crippen LogP contribution < -0.4 is 4.90 Å². The molecule has 1 saturated heterocycles. The standard InChI is InChI=1S/C18H16F2N2O2/c19-15-7-6-13(12-16(15)20)18(24)21-9-8-17(23)22(11-10-21)14-4-2-1-3-5-14/h1-7,12H,8-11H2. The number of carbonyl (C=O) groups excluding carboxylic acids is 2. The molecule has 2 amide bonds. The maximum absolute atomic E-state index is 13.3. The van der Waals surface area contributed by atoms with Gasteiger partial charge in [0.05, 0.1) is 0 Å². The number of hydrogen-bond acceptors (Lipinski definition) is 2. The molecule has 3 rings (SSSR count). The fourth-order valence-electron chi connectivity index (χ4n) is 2.72. The van der Waals surface area contributed by atoms with E-state index in [0.29, 0.717) is 13.1 Å². The Morgan fingerprint density at radius 2 is 1.67 bits per heavy atom. The molecule has 124 valence electrons. The van der Waals surface area contributed by atoms with Crippen LogP contribution >= 0.6 is 0 Å². The Kier molecular flexibility index (Phi) is 4.55. The van der Waals surface area contributed by atoms with Crippen LogP contribution in [0.5, 0.6) is 0 Å². The second kappa shape index (κ2) is 6.78. The SMILES string of the molecule is O=C(c1ccc(F)c(F)c1)N1CCC(=O)N(c2ccccc2)CC1. The third-order valence-corrected chi connectivity index (χ3v) is 4.01. The highest BCUT2D eigenvalue weighted by atomic mass is 19.2. The number of nitrogens with zero attached hydrogens (tertiary/aromatic N) is 2. The average molecular weight is 330 g/mol. The number of amides is 2. The predicted molar refractivity (Wildman–Crippen MR) is 85.7 cm³/mol. The van der Waals surface area contributed by atoms with Gasteiger partial charge in [-0.1, -0.05) is 18.2 Å². The molecule has 2 aromatic carbocycles. The van der Waals surface area contributed by atoms with Crippen LogP contribution in [0.3, 0.4) is 0 Å². The molecular weight excluding hydrogens is 314 g/mol. The average Bonchev–Trinajstić information content (AvgIpc) is 2.79. The van der Waals surface area contributed by atoms with Gasteiger partial charge >= 0.3 is 0 Å². The molecule has 0 aliphatic carbocycles. The van der Waals surface area contributed by atoms with Gasteiger partial charge in [0.1, 0.15) is 0 Å². The van der Waals surface area contributed by atoms with Gasteiger partial charge in [-0.2, -0.15) is 0 Å². The Morgan fingerprint density at radius 1 is 0.917 bits per heavy atom. The van der Waals surface area contributed by atoms with Crippen molar-refractivity contribution in [3.63, 3.8) is 0 Å². The lowest BCUT2D eigenvalue weighted by Crippen LogP contribution is -2.36. The minimum atomic E-state index is -1.06. The van der Waals surface area contributed by atoms with Crippen LogP contribution in [0.2, 0.25) is 0 Å². The van der Waals surface area contributed by atoms with Crippen molar-refractivity contribution in [1.82, 2.24) is 4.90 Å². The summed E-state index contributed by atoms with van der Waals surface area (Å²) < 4.78 is 26.3. The van der Waals surface area contributed by atoms with Crippen molar-refractivity contribution in [3.8, 4) is 0 Å². The molecule has 6 heteroatoms. The number of halogens is 2. The van der Waals surface area contributed by atoms with Crippen molar-refractivity contribution in [2.45, 2.75) is 6.42 Å². The van der Waals surface area contributed by atoms with Crippen molar-refractivity contribution in [1.29, 1.82) is 0 Å². The molecule has 0 aromatic heterocycles. The summed E-state index contributed by atoms with van der Waals surface area (Å²) in [6.45, 7) is 0.941. The Hall–Kier alpha value is -2.76. The first-order valence-corrected chi connectivity index (χ1v) is 7.66. The van der Waals surface area contributed by atoms with E-state index in [9.17, 15) is 18.4 Å². The summed E-state index contributed by atoms with van der Waals surface area (Å²) in [6, 6.07) is 12.3. The highest BCUT2D eigenvalue weighted by molar-refractivity contribution is 5.97. The van der Waals surface area contributed by atoms with Crippen molar-refractivity contribution in [2.24, 2.45) is 0 Å². The fourth-order valence-corrected chi connectivity index (χ4v) is 2.72. The van der Waals surface area contributed by atoms with Crippen LogP contribution in [0.15, 0.2) is 48.5 Å². The molecule has 1 aliphatic rings. The van der Waals surface area contributed by atoms with E-state index in [2.05, 4.69) is 0 Å². The van der Waals surface area contributed by atoms with E-state index in [0.717, 1.165) is 17.8 Å². The number of hydrogen-bond donors (Lipinski definition) is 0. The van der Waals surface area contributed by atoms with Crippen LogP contribution in [0.4, 0.5) is 14.5 Å². The van der Waals surface area contributed by atoms with Crippen LogP contribution in [0, 0.1) is 11.6 Å². The molecule has 1 aliphatic heterocycles. The summed E-state index contributed by atoms with van der Waals surface area (Å²) in [4.78, 5) is 27.9. The number of benzene rings is 2. The number of para-hydroxylation sites is 1. The van der Waals surface area contributed by atoms with Crippen molar-refractivity contribution >= 4 is 17.5 Å². The maximum atomic E-state index is 13.3. The van der Waals surface area contributed by atoms with Crippen molar-refractivity contribution in [2.75, 3.05) is 24.5 Å². The summed E-state index contributed by atoms with van der Waals surface area (Å²) in [5, 5.41) is 0. The monoisotopic (exact) mass is 330 g/mol. The Labute approximate surface area is 138 Å². The molecule has 4 nitrogen and oxygen atoms in total. The normalized spacial score (nSPS) is 15.3. The zero-order chi connectivity index (χ0) is 17.1. The lowest BCUT2D eigenvalue weighted by Gasteiger charge is -2.22. The van der Waals surface area contributed by atoms with Crippen molar-refractivity contribution < 1.29 is 18.4 Å². The number of anilines is 1. The van der Waals surface area contributed by atoms with Gasteiger partial charge in [0, 0.05) is 37.3 Å². The van der Waals surface area contributed by atoms with E-state index in [-0.39, 0.29) is 24.4 Å². The first-order valence-electron chi connectivity index (χ1n) is 7.66. The Bertz CT molecular complexity index is 765. The van der Waals surface area contributed by atoms with Gasteiger partial charge < -0.3 is 9.80 Å². The lowest BCUT2D eigenvalue weighted by atomic mass is 10.2. The molecule has 0 spiro atoms. The van der Waals surface area contributed by atoms with E-state index in [1.54, 1.807) is 4.90 Å². The van der Waals surface area contributed by atoms with Crippen molar-refractivity contribution in [3.05, 3.63) is 65.7 Å². The third kappa shape index (κ3) is 3.27. The smallest absolute Gasteiger partial charge is 0.254 e. The summed E-state index contributed by atoms with van der Waals surface area (Å²) in [6.07, 6.45) is 0.185. The van der Waals surface area contributed by atoms with E-state index in [1.807, 2.05) is 30.3 Å². The van der Waals surface area contributed by atoms with Gasteiger partial charge in [-0.15, -0.1) is 0 Å². The van der Waals surface area contributed by atoms with Gasteiger partial charge in [0.15, 0.2) is 11.6 Å². The second-order valence-corrected chi connectivity index (χ2v) is 5.55. The van der Waals surface area contributed by atoms with E-state index >= 15 is 0 Å². The lowest BCUT2D eigenvalue weighted by molar-refractivity contribution is -0.118. The topological polar surface area (TPSA) is 40.6 Å². The molecular formula is C18H16F2N2O2. The van der Waals surface area contributed by atoms with Crippen LogP contribution in [-0.4, -0.2) is 36.3 Å². The van der Waals surface area contributed by atoms with Gasteiger partial charge in [-0.25, -0.2) is 8.78 Å². The van der Waals surface area contributed by atoms with Gasteiger partial charge in [0.2, 0.25) is 5.91 Å². The van der Waals surface area contributed by atoms with Gasteiger partial charge in [-0.05, 0) is 30.3 Å². The highest BCUT2D eigenvalue weighted by Crippen LogP contribution is 2.18. The minimum Gasteiger partial charge on any atom is -0.336 e. The second-order valence-electron chi connectivity index (χ2n) is 5.55. The van der Waals surface area contributed by atoms with E-state index in [1.165, 1.54) is 11.0 Å². The molecule has 2 aromatic rings. The largest absolute Gasteiger partial charge is 0.336 e. The van der Waals surface area contributed by atoms with E-state index < -0.39 is 17.5 Å². The van der Waals surface area contributed by atoms with Crippen LogP contribution in [0.1, 0.15) is 16.8 Å².